The van der Waals surface area contributed by atoms with Crippen LogP contribution in [0.1, 0.15) is 16.2 Å². The van der Waals surface area contributed by atoms with E-state index in [1.54, 1.807) is 16.7 Å². The second-order valence-corrected chi connectivity index (χ2v) is 5.78. The molecule has 8 heteroatoms. The van der Waals surface area contributed by atoms with Crippen molar-refractivity contribution in [3.05, 3.63) is 57.8 Å². The van der Waals surface area contributed by atoms with Crippen molar-refractivity contribution in [3.8, 4) is 5.69 Å². The number of halogens is 1. The SMILES string of the molecule is Cc1csc(NC(=O)c2c[nH]c(=S)n2-c2ccc(F)cc2)n1. The second kappa shape index (κ2) is 5.82. The van der Waals surface area contributed by atoms with Crippen LogP contribution < -0.4 is 5.32 Å². The van der Waals surface area contributed by atoms with E-state index in [1.165, 1.54) is 29.7 Å². The summed E-state index contributed by atoms with van der Waals surface area (Å²) in [6.07, 6.45) is 1.52. The number of aromatic nitrogens is 3. The smallest absolute Gasteiger partial charge is 0.276 e. The molecule has 0 saturated carbocycles. The van der Waals surface area contributed by atoms with Crippen LogP contribution in [-0.2, 0) is 0 Å². The fourth-order valence-electron chi connectivity index (χ4n) is 1.95. The van der Waals surface area contributed by atoms with Crippen LogP contribution in [0, 0.1) is 17.5 Å². The van der Waals surface area contributed by atoms with Crippen molar-refractivity contribution in [2.75, 3.05) is 5.32 Å². The van der Waals surface area contributed by atoms with Crippen molar-refractivity contribution in [1.82, 2.24) is 14.5 Å². The maximum atomic E-state index is 13.0. The van der Waals surface area contributed by atoms with Gasteiger partial charge < -0.3 is 4.98 Å². The average Bonchev–Trinajstić information content (AvgIpc) is 3.06. The number of benzene rings is 1. The van der Waals surface area contributed by atoms with Gasteiger partial charge in [0.2, 0.25) is 0 Å². The molecule has 0 fully saturated rings. The molecule has 2 aromatic heterocycles. The molecule has 0 aliphatic rings. The third-order valence-electron chi connectivity index (χ3n) is 2.93. The van der Waals surface area contributed by atoms with Gasteiger partial charge in [-0.3, -0.25) is 14.7 Å². The van der Waals surface area contributed by atoms with E-state index >= 15 is 0 Å². The Morgan fingerprint density at radius 2 is 2.14 bits per heavy atom. The Kier molecular flexibility index (Phi) is 3.86. The van der Waals surface area contributed by atoms with Gasteiger partial charge in [-0.15, -0.1) is 11.3 Å². The molecule has 3 aromatic rings. The van der Waals surface area contributed by atoms with Crippen LogP contribution in [0.25, 0.3) is 5.69 Å². The molecule has 22 heavy (non-hydrogen) atoms. The molecular formula is C14H11FN4OS2. The molecule has 2 heterocycles. The van der Waals surface area contributed by atoms with Gasteiger partial charge in [0.15, 0.2) is 9.90 Å². The van der Waals surface area contributed by atoms with Crippen LogP contribution >= 0.6 is 23.6 Å². The number of hydrogen-bond donors (Lipinski definition) is 2. The van der Waals surface area contributed by atoms with Crippen LogP contribution in [-0.4, -0.2) is 20.4 Å². The van der Waals surface area contributed by atoms with Crippen LogP contribution in [0.2, 0.25) is 0 Å². The molecule has 3 rings (SSSR count). The van der Waals surface area contributed by atoms with Crippen molar-refractivity contribution < 1.29 is 9.18 Å². The molecule has 2 N–H and O–H groups in total. The van der Waals surface area contributed by atoms with Gasteiger partial charge in [0.05, 0.1) is 5.69 Å². The fourth-order valence-corrected chi connectivity index (χ4v) is 2.90. The summed E-state index contributed by atoms with van der Waals surface area (Å²) in [4.78, 5) is 19.4. The summed E-state index contributed by atoms with van der Waals surface area (Å²) >= 11 is 6.54. The molecule has 5 nitrogen and oxygen atoms in total. The van der Waals surface area contributed by atoms with E-state index in [2.05, 4.69) is 15.3 Å². The number of nitrogens with zero attached hydrogens (tertiary/aromatic N) is 2. The molecule has 0 aliphatic carbocycles. The first-order chi connectivity index (χ1) is 10.5. The predicted octanol–water partition coefficient (Wildman–Crippen LogP) is 3.69. The topological polar surface area (TPSA) is 62.7 Å². The summed E-state index contributed by atoms with van der Waals surface area (Å²) in [6.45, 7) is 1.85. The first kappa shape index (κ1) is 14.6. The summed E-state index contributed by atoms with van der Waals surface area (Å²) in [6, 6.07) is 5.75. The van der Waals surface area contributed by atoms with Gasteiger partial charge in [-0.05, 0) is 43.4 Å². The normalized spacial score (nSPS) is 10.6. The Balaban J connectivity index is 1.96. The van der Waals surface area contributed by atoms with Crippen LogP contribution in [0.3, 0.4) is 0 Å². The molecule has 0 radical (unpaired) electrons. The molecule has 0 bridgehead atoms. The van der Waals surface area contributed by atoms with E-state index in [-0.39, 0.29) is 11.7 Å². The molecule has 1 amide bonds. The Labute approximate surface area is 134 Å². The third-order valence-corrected chi connectivity index (χ3v) is 4.11. The lowest BCUT2D eigenvalue weighted by Crippen LogP contribution is -2.16. The van der Waals surface area contributed by atoms with Crippen molar-refractivity contribution in [1.29, 1.82) is 0 Å². The van der Waals surface area contributed by atoms with Crippen molar-refractivity contribution in [2.24, 2.45) is 0 Å². The molecule has 0 spiro atoms. The molecule has 0 saturated heterocycles. The molecular weight excluding hydrogens is 323 g/mol. The number of amides is 1. The number of nitrogens with one attached hydrogen (secondary N) is 2. The predicted molar refractivity (Wildman–Crippen MR) is 85.7 cm³/mol. The second-order valence-electron chi connectivity index (χ2n) is 4.54. The van der Waals surface area contributed by atoms with Gasteiger partial charge in [0.25, 0.3) is 5.91 Å². The van der Waals surface area contributed by atoms with Gasteiger partial charge >= 0.3 is 0 Å². The largest absolute Gasteiger partial charge is 0.336 e. The van der Waals surface area contributed by atoms with Gasteiger partial charge in [0, 0.05) is 17.3 Å². The average molecular weight is 334 g/mol. The number of carbonyl (C=O) groups excluding carboxylic acids is 1. The minimum absolute atomic E-state index is 0.324. The fraction of sp³-hybridized carbons (Fsp3) is 0.0714. The third kappa shape index (κ3) is 2.83. The van der Waals surface area contributed by atoms with Crippen LogP contribution in [0.4, 0.5) is 9.52 Å². The van der Waals surface area contributed by atoms with Gasteiger partial charge in [-0.1, -0.05) is 0 Å². The number of H-pyrrole nitrogens is 1. The number of hydrogen-bond acceptors (Lipinski definition) is 4. The molecule has 0 atom stereocenters. The van der Waals surface area contributed by atoms with E-state index in [9.17, 15) is 9.18 Å². The molecule has 1 aromatic carbocycles. The highest BCUT2D eigenvalue weighted by atomic mass is 32.1. The molecule has 0 aliphatic heterocycles. The van der Waals surface area contributed by atoms with Gasteiger partial charge in [0.1, 0.15) is 11.5 Å². The van der Waals surface area contributed by atoms with E-state index in [4.69, 9.17) is 12.2 Å². The summed E-state index contributed by atoms with van der Waals surface area (Å²) in [5.41, 5.74) is 1.77. The van der Waals surface area contributed by atoms with E-state index in [1.807, 2.05) is 12.3 Å². The monoisotopic (exact) mass is 334 g/mol. The highest BCUT2D eigenvalue weighted by Gasteiger charge is 2.15. The zero-order valence-electron chi connectivity index (χ0n) is 11.5. The minimum atomic E-state index is -0.352. The lowest BCUT2D eigenvalue weighted by atomic mass is 10.3. The number of imidazole rings is 1. The number of thiazole rings is 1. The van der Waals surface area contributed by atoms with Gasteiger partial charge in [-0.25, -0.2) is 9.37 Å². The summed E-state index contributed by atoms with van der Waals surface area (Å²) in [5.74, 6) is -0.693. The Hall–Kier alpha value is -2.32. The summed E-state index contributed by atoms with van der Waals surface area (Å²) < 4.78 is 14.9. The van der Waals surface area contributed by atoms with E-state index < -0.39 is 0 Å². The van der Waals surface area contributed by atoms with Gasteiger partial charge in [-0.2, -0.15) is 0 Å². The number of aromatic amines is 1. The maximum absolute atomic E-state index is 13.0. The van der Waals surface area contributed by atoms with Crippen LogP contribution in [0.15, 0.2) is 35.8 Å². The molecule has 112 valence electrons. The van der Waals surface area contributed by atoms with Crippen LogP contribution in [0.5, 0.6) is 0 Å². The van der Waals surface area contributed by atoms with Crippen molar-refractivity contribution in [3.63, 3.8) is 0 Å². The zero-order chi connectivity index (χ0) is 15.7. The van der Waals surface area contributed by atoms with Crippen molar-refractivity contribution in [2.45, 2.75) is 6.92 Å². The quantitative estimate of drug-likeness (QED) is 0.718. The Bertz CT molecular complexity index is 879. The maximum Gasteiger partial charge on any atom is 0.276 e. The zero-order valence-corrected chi connectivity index (χ0v) is 13.1. The lowest BCUT2D eigenvalue weighted by Gasteiger charge is -2.07. The Morgan fingerprint density at radius 1 is 1.41 bits per heavy atom. The molecule has 0 unspecified atom stereocenters. The number of anilines is 1. The first-order valence-electron chi connectivity index (χ1n) is 6.34. The Morgan fingerprint density at radius 3 is 2.77 bits per heavy atom. The minimum Gasteiger partial charge on any atom is -0.336 e. The summed E-state index contributed by atoms with van der Waals surface area (Å²) in [7, 11) is 0. The van der Waals surface area contributed by atoms with E-state index in [0.29, 0.717) is 21.3 Å². The number of carbonyl (C=O) groups is 1. The highest BCUT2D eigenvalue weighted by Crippen LogP contribution is 2.18. The lowest BCUT2D eigenvalue weighted by molar-refractivity contribution is 0.102. The summed E-state index contributed by atoms with van der Waals surface area (Å²) in [5, 5.41) is 5.08. The first-order valence-corrected chi connectivity index (χ1v) is 7.63. The van der Waals surface area contributed by atoms with Crippen molar-refractivity contribution >= 4 is 34.6 Å². The van der Waals surface area contributed by atoms with E-state index in [0.717, 1.165) is 5.69 Å². The highest BCUT2D eigenvalue weighted by molar-refractivity contribution is 7.71. The number of aryl methyl sites for hydroxylation is 1. The standard InChI is InChI=1S/C14H11FN4OS2/c1-8-7-22-13(17-8)18-12(20)11-6-16-14(21)19(11)10-4-2-9(15)3-5-10/h2-7H,1H3,(H,16,21)(H,17,18,20). The number of rotatable bonds is 3.